The van der Waals surface area contributed by atoms with Crippen molar-refractivity contribution in [3.05, 3.63) is 65.3 Å². The molecular formula is C21H27BClF4I. The highest BCUT2D eigenvalue weighted by atomic mass is 127. The lowest BCUT2D eigenvalue weighted by Crippen LogP contribution is -3.62. The van der Waals surface area contributed by atoms with Crippen molar-refractivity contribution in [2.75, 3.05) is 0 Å². The molecule has 0 aliphatic rings. The summed E-state index contributed by atoms with van der Waals surface area (Å²) in [5, 5.41) is 0.820. The Morgan fingerprint density at radius 2 is 1.14 bits per heavy atom. The Morgan fingerprint density at radius 1 is 0.750 bits per heavy atom. The lowest BCUT2D eigenvalue weighted by Gasteiger charge is -2.17. The van der Waals surface area contributed by atoms with E-state index in [1.807, 2.05) is 12.1 Å². The van der Waals surface area contributed by atoms with E-state index in [1.165, 1.54) is 9.13 Å². The predicted molar refractivity (Wildman–Crippen MR) is 108 cm³/mol. The zero-order chi connectivity index (χ0) is 21.6. The van der Waals surface area contributed by atoms with Crippen LogP contribution in [0.25, 0.3) is 0 Å². The van der Waals surface area contributed by atoms with Crippen molar-refractivity contribution in [1.29, 1.82) is 0 Å². The summed E-state index contributed by atoms with van der Waals surface area (Å²) in [4.78, 5) is 0. The van der Waals surface area contributed by atoms with Crippen LogP contribution in [-0.2, 0) is 0 Å². The Bertz CT molecular complexity index is 721. The maximum Gasteiger partial charge on any atom is 0.673 e. The van der Waals surface area contributed by atoms with Crippen LogP contribution in [0.2, 0.25) is 5.02 Å². The van der Waals surface area contributed by atoms with Gasteiger partial charge in [-0.1, -0.05) is 65.3 Å². The molecule has 0 spiro atoms. The number of hydrogen-bond acceptors (Lipinski definition) is 0. The second-order valence-electron chi connectivity index (χ2n) is 7.50. The summed E-state index contributed by atoms with van der Waals surface area (Å²) in [6.45, 7) is 13.9. The van der Waals surface area contributed by atoms with Gasteiger partial charge in [0.2, 0.25) is 3.57 Å². The summed E-state index contributed by atoms with van der Waals surface area (Å²) >= 11 is 5.86. The first-order valence-electron chi connectivity index (χ1n) is 9.25. The van der Waals surface area contributed by atoms with Gasteiger partial charge in [0.05, 0.1) is 0 Å². The summed E-state index contributed by atoms with van der Waals surface area (Å²) < 4.78 is 42.1. The minimum Gasteiger partial charge on any atom is -0.418 e. The Hall–Kier alpha value is -0.755. The SMILES string of the molecule is CC(C)c1cc(C(C)C)c([I+]c2ccc(Cl)cc2)c(C(C)C)c1.F[B-](F)(F)F. The standard InChI is InChI=1S/C21H27ClI.BF4/c1-13(2)16-11-19(14(3)4)21(20(12-16)15(5)6)23-18-9-7-17(22)8-10-18;2-1(3,4)5/h7-15H,1-6H3;/q+1;-1. The van der Waals surface area contributed by atoms with Gasteiger partial charge in [-0.25, -0.2) is 0 Å². The minimum absolute atomic E-state index is 0.186. The van der Waals surface area contributed by atoms with Crippen LogP contribution in [-0.4, -0.2) is 7.25 Å². The molecule has 0 aliphatic heterocycles. The van der Waals surface area contributed by atoms with Crippen molar-refractivity contribution in [1.82, 2.24) is 0 Å². The molecule has 0 radical (unpaired) electrons. The smallest absolute Gasteiger partial charge is 0.418 e. The van der Waals surface area contributed by atoms with Gasteiger partial charge in [0.1, 0.15) is 0 Å². The van der Waals surface area contributed by atoms with E-state index >= 15 is 0 Å². The van der Waals surface area contributed by atoms with E-state index in [0.29, 0.717) is 17.8 Å². The molecule has 0 saturated heterocycles. The van der Waals surface area contributed by atoms with Crippen LogP contribution in [0.3, 0.4) is 0 Å². The second kappa shape index (κ2) is 10.9. The largest absolute Gasteiger partial charge is 0.673 e. The minimum atomic E-state index is -6.00. The molecule has 0 bridgehead atoms. The van der Waals surface area contributed by atoms with E-state index in [4.69, 9.17) is 11.6 Å². The van der Waals surface area contributed by atoms with Crippen LogP contribution in [0.15, 0.2) is 36.4 Å². The highest BCUT2D eigenvalue weighted by Crippen LogP contribution is 2.27. The highest BCUT2D eigenvalue weighted by molar-refractivity contribution is 6.50. The molecule has 28 heavy (non-hydrogen) atoms. The van der Waals surface area contributed by atoms with Gasteiger partial charge >= 0.3 is 28.5 Å². The fourth-order valence-corrected chi connectivity index (χ4v) is 6.23. The van der Waals surface area contributed by atoms with E-state index in [9.17, 15) is 17.3 Å². The molecule has 2 aromatic carbocycles. The first-order valence-corrected chi connectivity index (χ1v) is 11.8. The molecule has 0 fully saturated rings. The summed E-state index contributed by atoms with van der Waals surface area (Å²) in [6.07, 6.45) is 0. The van der Waals surface area contributed by atoms with E-state index in [0.717, 1.165) is 5.02 Å². The van der Waals surface area contributed by atoms with E-state index < -0.39 is 7.25 Å². The zero-order valence-corrected chi connectivity index (χ0v) is 20.0. The average molecular weight is 529 g/mol. The Morgan fingerprint density at radius 3 is 1.46 bits per heavy atom. The number of hydrogen-bond donors (Lipinski definition) is 0. The van der Waals surface area contributed by atoms with Crippen LogP contribution in [0.5, 0.6) is 0 Å². The fourth-order valence-electron chi connectivity index (χ4n) is 2.58. The van der Waals surface area contributed by atoms with E-state index in [1.54, 1.807) is 14.7 Å². The Balaban J connectivity index is 0.000000696. The number of rotatable bonds is 5. The van der Waals surface area contributed by atoms with Gasteiger partial charge in [-0.3, -0.25) is 0 Å². The molecule has 7 heteroatoms. The molecule has 0 atom stereocenters. The number of benzene rings is 2. The van der Waals surface area contributed by atoms with Crippen LogP contribution in [0.1, 0.15) is 76.0 Å². The van der Waals surface area contributed by atoms with Crippen LogP contribution in [0, 0.1) is 7.14 Å². The van der Waals surface area contributed by atoms with Gasteiger partial charge in [-0.2, -0.15) is 0 Å². The second-order valence-corrected chi connectivity index (χ2v) is 10.8. The summed E-state index contributed by atoms with van der Waals surface area (Å²) in [5.74, 6) is 1.70. The molecule has 2 rings (SSSR count). The molecule has 0 N–H and O–H groups in total. The third kappa shape index (κ3) is 8.72. The van der Waals surface area contributed by atoms with Gasteiger partial charge in [-0.05, 0) is 47.6 Å². The molecule has 0 amide bonds. The summed E-state index contributed by atoms with van der Waals surface area (Å²) in [6, 6.07) is 13.3. The lowest BCUT2D eigenvalue weighted by atomic mass is 9.90. The molecule has 0 unspecified atom stereocenters. The lowest BCUT2D eigenvalue weighted by molar-refractivity contribution is -0.599. The van der Waals surface area contributed by atoms with Crippen LogP contribution < -0.4 is 21.2 Å². The van der Waals surface area contributed by atoms with Crippen molar-refractivity contribution in [2.45, 2.75) is 59.3 Å². The maximum atomic E-state index is 9.75. The van der Waals surface area contributed by atoms with Crippen molar-refractivity contribution in [3.63, 3.8) is 0 Å². The van der Waals surface area contributed by atoms with Crippen molar-refractivity contribution < 1.29 is 38.5 Å². The van der Waals surface area contributed by atoms with Crippen molar-refractivity contribution >= 4 is 18.9 Å². The third-order valence-corrected chi connectivity index (χ3v) is 7.45. The molecule has 2 aromatic rings. The quantitative estimate of drug-likeness (QED) is 0.287. The van der Waals surface area contributed by atoms with E-state index in [2.05, 4.69) is 65.8 Å². The molecular weight excluding hydrogens is 501 g/mol. The molecule has 0 aliphatic carbocycles. The van der Waals surface area contributed by atoms with Crippen molar-refractivity contribution in [3.8, 4) is 0 Å². The molecule has 0 aromatic heterocycles. The molecule has 0 heterocycles. The van der Waals surface area contributed by atoms with Gasteiger partial charge in [0, 0.05) is 16.1 Å². The van der Waals surface area contributed by atoms with Crippen LogP contribution in [0.4, 0.5) is 17.3 Å². The summed E-state index contributed by atoms with van der Waals surface area (Å²) in [5.41, 5.74) is 4.56. The molecule has 156 valence electrons. The van der Waals surface area contributed by atoms with Gasteiger partial charge in [-0.15, -0.1) is 0 Å². The predicted octanol–water partition coefficient (Wildman–Crippen LogP) is 5.14. The fraction of sp³-hybridized carbons (Fsp3) is 0.429. The third-order valence-electron chi connectivity index (χ3n) is 4.07. The van der Waals surface area contributed by atoms with Gasteiger partial charge < -0.3 is 17.3 Å². The number of halogens is 6. The normalized spacial score (nSPS) is 11.8. The van der Waals surface area contributed by atoms with Gasteiger partial charge in [0.25, 0.3) is 0 Å². The first kappa shape index (κ1) is 25.3. The average Bonchev–Trinajstić information content (AvgIpc) is 2.54. The zero-order valence-electron chi connectivity index (χ0n) is 17.0. The van der Waals surface area contributed by atoms with Crippen molar-refractivity contribution in [2.24, 2.45) is 0 Å². The molecule has 0 nitrogen and oxygen atoms in total. The Kier molecular flexibility index (Phi) is 9.81. The molecule has 0 saturated carbocycles. The van der Waals surface area contributed by atoms with E-state index in [-0.39, 0.29) is 21.2 Å². The monoisotopic (exact) mass is 528 g/mol. The first-order chi connectivity index (χ1) is 12.8. The maximum absolute atomic E-state index is 9.75. The Labute approximate surface area is 181 Å². The van der Waals surface area contributed by atoms with Gasteiger partial charge in [0.15, 0.2) is 3.57 Å². The topological polar surface area (TPSA) is 0 Å². The summed E-state index contributed by atoms with van der Waals surface area (Å²) in [7, 11) is -6.00. The van der Waals surface area contributed by atoms with Crippen LogP contribution >= 0.6 is 11.6 Å². The highest BCUT2D eigenvalue weighted by Gasteiger charge is 2.28.